The van der Waals surface area contributed by atoms with Gasteiger partial charge in [0.05, 0.1) is 11.6 Å². The van der Waals surface area contributed by atoms with Gasteiger partial charge in [-0.1, -0.05) is 29.5 Å². The second kappa shape index (κ2) is 8.83. The summed E-state index contributed by atoms with van der Waals surface area (Å²) in [5.41, 5.74) is 3.44. The number of anilines is 1. The molecule has 6 heteroatoms. The van der Waals surface area contributed by atoms with Crippen LogP contribution in [0.5, 0.6) is 0 Å². The van der Waals surface area contributed by atoms with E-state index in [0.717, 1.165) is 53.3 Å². The van der Waals surface area contributed by atoms with Gasteiger partial charge in [0.25, 0.3) is 0 Å². The summed E-state index contributed by atoms with van der Waals surface area (Å²) in [6, 6.07) is 12.1. The van der Waals surface area contributed by atoms with Gasteiger partial charge in [-0.05, 0) is 55.7 Å². The van der Waals surface area contributed by atoms with Gasteiger partial charge in [0.2, 0.25) is 0 Å². The highest BCUT2D eigenvalue weighted by Crippen LogP contribution is 2.36. The molecule has 1 atom stereocenters. The van der Waals surface area contributed by atoms with Gasteiger partial charge in [-0.15, -0.1) is 12.6 Å². The van der Waals surface area contributed by atoms with Gasteiger partial charge in [-0.3, -0.25) is 9.78 Å². The molecule has 0 N–H and O–H groups in total. The maximum Gasteiger partial charge on any atom is 0.144 e. The van der Waals surface area contributed by atoms with Crippen molar-refractivity contribution in [2.75, 3.05) is 18.0 Å². The monoisotopic (exact) mass is 505 g/mol. The van der Waals surface area contributed by atoms with Crippen molar-refractivity contribution >= 4 is 46.7 Å². The minimum absolute atomic E-state index is 0.257. The molecule has 1 fully saturated rings. The van der Waals surface area contributed by atoms with Crippen LogP contribution >= 0.6 is 35.2 Å². The molecule has 2 heterocycles. The Hall–Kier alpha value is -1.59. The predicted octanol–water partition coefficient (Wildman–Crippen LogP) is 5.16. The van der Waals surface area contributed by atoms with Crippen molar-refractivity contribution in [2.24, 2.45) is 5.41 Å². The van der Waals surface area contributed by atoms with Gasteiger partial charge >= 0.3 is 0 Å². The SMILES string of the molecule is CC(I)c1cc(N2CCC(C)(C(=O)Cc3ccc(S)cn3)CC2)ccc1C#N. The number of hydrogen-bond acceptors (Lipinski definition) is 5. The average Bonchev–Trinajstić information content (AvgIpc) is 2.69. The minimum atomic E-state index is -0.316. The van der Waals surface area contributed by atoms with Crippen LogP contribution in [0.15, 0.2) is 41.4 Å². The predicted molar refractivity (Wildman–Crippen MR) is 123 cm³/mol. The standard InChI is InChI=1S/C22H24IN3OS/c1-15(23)20-12-18(5-3-16(20)13-24)26-9-7-22(2,8-10-26)21(27)11-17-4-6-19(28)14-25-17/h3-6,12,14-15,28H,7-11H2,1-2H3. The molecule has 4 nitrogen and oxygen atoms in total. The number of nitrogens with zero attached hydrogens (tertiary/aromatic N) is 3. The zero-order valence-electron chi connectivity index (χ0n) is 16.2. The maximum atomic E-state index is 12.9. The number of alkyl halides is 1. The molecule has 1 aliphatic heterocycles. The smallest absolute Gasteiger partial charge is 0.144 e. The Morgan fingerprint density at radius 2 is 2.07 bits per heavy atom. The van der Waals surface area contributed by atoms with E-state index in [0.29, 0.717) is 6.42 Å². The molecule has 1 unspecified atom stereocenters. The summed E-state index contributed by atoms with van der Waals surface area (Å²) in [6.07, 6.45) is 3.71. The number of Topliss-reactive ketones (excluding diaryl/α,β-unsaturated/α-hetero) is 1. The summed E-state index contributed by atoms with van der Waals surface area (Å²) >= 11 is 6.59. The van der Waals surface area contributed by atoms with Gasteiger partial charge in [-0.2, -0.15) is 5.26 Å². The average molecular weight is 505 g/mol. The van der Waals surface area contributed by atoms with E-state index in [1.165, 1.54) is 0 Å². The summed E-state index contributed by atoms with van der Waals surface area (Å²) in [4.78, 5) is 20.4. The van der Waals surface area contributed by atoms with Gasteiger partial charge < -0.3 is 4.90 Å². The third-order valence-corrected chi connectivity index (χ3v) is 6.58. The van der Waals surface area contributed by atoms with Gasteiger partial charge in [0, 0.05) is 51.3 Å². The first-order chi connectivity index (χ1) is 13.3. The largest absolute Gasteiger partial charge is 0.371 e. The van der Waals surface area contributed by atoms with Crippen LogP contribution in [0.2, 0.25) is 0 Å². The van der Waals surface area contributed by atoms with Crippen LogP contribution < -0.4 is 4.90 Å². The molecule has 146 valence electrons. The van der Waals surface area contributed by atoms with Gasteiger partial charge in [0.15, 0.2) is 0 Å². The van der Waals surface area contributed by atoms with E-state index in [4.69, 9.17) is 0 Å². The lowest BCUT2D eigenvalue weighted by atomic mass is 9.75. The fourth-order valence-electron chi connectivity index (χ4n) is 3.61. The van der Waals surface area contributed by atoms with E-state index < -0.39 is 0 Å². The van der Waals surface area contributed by atoms with Crippen molar-refractivity contribution in [1.82, 2.24) is 4.98 Å². The number of hydrogen-bond donors (Lipinski definition) is 1. The first-order valence-electron chi connectivity index (χ1n) is 9.43. The van der Waals surface area contributed by atoms with E-state index in [2.05, 4.69) is 71.1 Å². The number of ketones is 1. The lowest BCUT2D eigenvalue weighted by Gasteiger charge is -2.39. The van der Waals surface area contributed by atoms with Crippen LogP contribution in [0.4, 0.5) is 5.69 Å². The molecule has 1 aromatic carbocycles. The summed E-state index contributed by atoms with van der Waals surface area (Å²) in [5.74, 6) is 0.257. The molecule has 1 aliphatic rings. The number of carbonyl (C=O) groups excluding carboxylic acids is 1. The molecule has 0 saturated carbocycles. The molecular weight excluding hydrogens is 481 g/mol. The molecule has 0 bridgehead atoms. The number of halogens is 1. The Labute approximate surface area is 185 Å². The van der Waals surface area contributed by atoms with Crippen molar-refractivity contribution in [3.8, 4) is 6.07 Å². The van der Waals surface area contributed by atoms with E-state index in [-0.39, 0.29) is 15.1 Å². The number of piperidine rings is 1. The molecule has 1 saturated heterocycles. The van der Waals surface area contributed by atoms with Crippen molar-refractivity contribution < 1.29 is 4.79 Å². The highest BCUT2D eigenvalue weighted by Gasteiger charge is 2.36. The number of nitriles is 1. The summed E-state index contributed by atoms with van der Waals surface area (Å²) in [5, 5.41) is 9.32. The van der Waals surface area contributed by atoms with Crippen LogP contribution in [0.25, 0.3) is 0 Å². The van der Waals surface area contributed by atoms with Crippen molar-refractivity contribution in [1.29, 1.82) is 5.26 Å². The number of aromatic nitrogens is 1. The Bertz CT molecular complexity index is 897. The highest BCUT2D eigenvalue weighted by molar-refractivity contribution is 14.1. The first kappa shape index (κ1) is 21.1. The quantitative estimate of drug-likeness (QED) is 0.347. The fourth-order valence-corrected chi connectivity index (χ4v) is 4.26. The van der Waals surface area contributed by atoms with E-state index >= 15 is 0 Å². The third-order valence-electron chi connectivity index (χ3n) is 5.64. The van der Waals surface area contributed by atoms with Crippen molar-refractivity contribution in [2.45, 2.75) is 41.9 Å². The van der Waals surface area contributed by atoms with Gasteiger partial charge in [-0.25, -0.2) is 0 Å². The number of benzene rings is 1. The molecule has 1 aromatic heterocycles. The first-order valence-corrected chi connectivity index (χ1v) is 11.1. The second-order valence-electron chi connectivity index (χ2n) is 7.65. The fraction of sp³-hybridized carbons (Fsp3) is 0.409. The van der Waals surface area contributed by atoms with Crippen LogP contribution in [-0.4, -0.2) is 23.9 Å². The van der Waals surface area contributed by atoms with Gasteiger partial charge in [0.1, 0.15) is 5.78 Å². The molecule has 28 heavy (non-hydrogen) atoms. The Morgan fingerprint density at radius 3 is 2.64 bits per heavy atom. The summed E-state index contributed by atoms with van der Waals surface area (Å²) in [6.45, 7) is 5.86. The van der Waals surface area contributed by atoms with E-state index in [1.807, 2.05) is 24.3 Å². The van der Waals surface area contributed by atoms with Crippen LogP contribution in [0.1, 0.15) is 47.4 Å². The molecule has 0 spiro atoms. The molecule has 2 aromatic rings. The molecule has 0 aliphatic carbocycles. The number of carbonyl (C=O) groups is 1. The number of thiol groups is 1. The normalized spacial score (nSPS) is 17.0. The van der Waals surface area contributed by atoms with Crippen molar-refractivity contribution in [3.63, 3.8) is 0 Å². The minimum Gasteiger partial charge on any atom is -0.371 e. The topological polar surface area (TPSA) is 57.0 Å². The molecule has 0 amide bonds. The van der Waals surface area contributed by atoms with Crippen LogP contribution in [0, 0.1) is 16.7 Å². The number of pyridine rings is 1. The van der Waals surface area contributed by atoms with E-state index in [9.17, 15) is 10.1 Å². The summed E-state index contributed by atoms with van der Waals surface area (Å²) < 4.78 is 0.278. The summed E-state index contributed by atoms with van der Waals surface area (Å²) in [7, 11) is 0. The lowest BCUT2D eigenvalue weighted by Crippen LogP contribution is -2.43. The second-order valence-corrected chi connectivity index (χ2v) is 10.0. The van der Waals surface area contributed by atoms with E-state index in [1.54, 1.807) is 6.20 Å². The van der Waals surface area contributed by atoms with Crippen LogP contribution in [-0.2, 0) is 11.2 Å². The Balaban J connectivity index is 1.68. The molecular formula is C22H24IN3OS. The number of rotatable bonds is 5. The van der Waals surface area contributed by atoms with Crippen LogP contribution in [0.3, 0.4) is 0 Å². The van der Waals surface area contributed by atoms with Crippen molar-refractivity contribution in [3.05, 3.63) is 53.3 Å². The molecule has 3 rings (SSSR count). The third kappa shape index (κ3) is 4.69. The maximum absolute atomic E-state index is 12.9. The zero-order chi connectivity index (χ0) is 20.3. The Morgan fingerprint density at radius 1 is 1.36 bits per heavy atom. The Kier molecular flexibility index (Phi) is 6.66. The highest BCUT2D eigenvalue weighted by atomic mass is 127. The lowest BCUT2D eigenvalue weighted by molar-refractivity contribution is -0.128. The molecule has 0 radical (unpaired) electrons. The zero-order valence-corrected chi connectivity index (χ0v) is 19.2.